The Kier molecular flexibility index (Phi) is 5.34. The number of hydrogen-bond donors (Lipinski definition) is 2. The summed E-state index contributed by atoms with van der Waals surface area (Å²) in [6, 6.07) is 6.31. The van der Waals surface area contributed by atoms with Crippen LogP contribution in [0.15, 0.2) is 24.3 Å². The summed E-state index contributed by atoms with van der Waals surface area (Å²) in [5.74, 6) is 0.763. The van der Waals surface area contributed by atoms with Crippen LogP contribution in [0.1, 0.15) is 6.42 Å². The summed E-state index contributed by atoms with van der Waals surface area (Å²) in [6.45, 7) is 0.518. The molecule has 0 aliphatic carbocycles. The Balaban J connectivity index is 0.00000112. The number of ether oxygens (including phenoxy) is 2. The molecule has 0 aromatic heterocycles. The summed E-state index contributed by atoms with van der Waals surface area (Å²) >= 11 is 0. The fourth-order valence-corrected chi connectivity index (χ4v) is 1.32. The molecular weight excluding hydrogens is 411 g/mol. The monoisotopic (exact) mass is 423 g/mol. The number of aromatic hydroxyl groups is 1. The average Bonchev–Trinajstić information content (AvgIpc) is 2.56. The summed E-state index contributed by atoms with van der Waals surface area (Å²) in [4.78, 5) is 0. The maximum absolute atomic E-state index is 9.41. The second-order valence-corrected chi connectivity index (χ2v) is 3.21. The van der Waals surface area contributed by atoms with Gasteiger partial charge in [-0.2, -0.15) is 0 Å². The molecule has 1 aliphatic heterocycles. The zero-order valence-electron chi connectivity index (χ0n) is 8.17. The molecule has 4 nitrogen and oxygen atoms in total. The van der Waals surface area contributed by atoms with Crippen LogP contribution in [0.5, 0.6) is 11.5 Å². The maximum Gasteiger partial charge on any atom is 0.226 e. The molecule has 1 aromatic rings. The van der Waals surface area contributed by atoms with E-state index in [0.717, 1.165) is 0 Å². The molecule has 0 amide bonds. The zero-order valence-corrected chi connectivity index (χ0v) is 12.9. The summed E-state index contributed by atoms with van der Waals surface area (Å²) in [5.41, 5.74) is 0. The number of phenolic OH excluding ortho intramolecular Hbond substituents is 1. The van der Waals surface area contributed by atoms with E-state index in [0.29, 0.717) is 18.8 Å². The Hall–Kier alpha value is 0.182. The van der Waals surface area contributed by atoms with Crippen molar-refractivity contribution in [3.63, 3.8) is 0 Å². The van der Waals surface area contributed by atoms with Gasteiger partial charge in [0.2, 0.25) is 6.29 Å². The van der Waals surface area contributed by atoms with Gasteiger partial charge in [-0.3, -0.25) is 0 Å². The predicted molar refractivity (Wildman–Crippen MR) is 49.1 cm³/mol. The predicted octanol–water partition coefficient (Wildman–Crippen LogP) is 0.878. The Bertz CT molecular complexity index is 301. The SMILES string of the molecule is Oc1ccc(OC2OCCC2O)cc1.[Ac]. The van der Waals surface area contributed by atoms with Crippen LogP contribution in [0, 0.1) is 44.1 Å². The fraction of sp³-hybridized carbons (Fsp3) is 0.400. The van der Waals surface area contributed by atoms with E-state index in [1.54, 1.807) is 12.1 Å². The number of aliphatic hydroxyl groups excluding tert-OH is 1. The molecule has 79 valence electrons. The summed E-state index contributed by atoms with van der Waals surface area (Å²) < 4.78 is 10.5. The minimum absolute atomic E-state index is 0. The Morgan fingerprint density at radius 2 is 1.93 bits per heavy atom. The first kappa shape index (κ1) is 13.2. The van der Waals surface area contributed by atoms with Crippen LogP contribution in [0.2, 0.25) is 0 Å². The molecule has 1 fully saturated rings. The fourth-order valence-electron chi connectivity index (χ4n) is 1.32. The standard InChI is InChI=1S/C10H12O4.Ac/c11-7-1-3-8(4-2-7)14-10-9(12)5-6-13-10;/h1-4,9-12H,5-6H2;. The molecule has 1 heterocycles. The molecule has 1 saturated heterocycles. The van der Waals surface area contributed by atoms with Gasteiger partial charge in [-0.1, -0.05) is 0 Å². The third-order valence-electron chi connectivity index (χ3n) is 2.10. The van der Waals surface area contributed by atoms with Crippen molar-refractivity contribution in [3.05, 3.63) is 24.3 Å². The van der Waals surface area contributed by atoms with Gasteiger partial charge in [0, 0.05) is 50.5 Å². The van der Waals surface area contributed by atoms with Gasteiger partial charge >= 0.3 is 0 Å². The zero-order chi connectivity index (χ0) is 9.97. The molecule has 1 aromatic carbocycles. The van der Waals surface area contributed by atoms with Crippen molar-refractivity contribution in [2.75, 3.05) is 6.61 Å². The molecule has 5 heteroatoms. The average molecular weight is 423 g/mol. The summed E-state index contributed by atoms with van der Waals surface area (Å²) in [7, 11) is 0. The van der Waals surface area contributed by atoms with Gasteiger partial charge < -0.3 is 19.7 Å². The van der Waals surface area contributed by atoms with Crippen LogP contribution in [0.3, 0.4) is 0 Å². The minimum atomic E-state index is -0.584. The molecular formula is C10H12AcO4. The van der Waals surface area contributed by atoms with E-state index in [-0.39, 0.29) is 49.8 Å². The molecule has 2 atom stereocenters. The van der Waals surface area contributed by atoms with Gasteiger partial charge in [-0.05, 0) is 24.3 Å². The summed E-state index contributed by atoms with van der Waals surface area (Å²) in [6.07, 6.45) is -0.550. The van der Waals surface area contributed by atoms with Crippen molar-refractivity contribution >= 4 is 0 Å². The smallest absolute Gasteiger partial charge is 0.226 e. The van der Waals surface area contributed by atoms with Gasteiger partial charge in [0.05, 0.1) is 6.61 Å². The van der Waals surface area contributed by atoms with E-state index in [1.807, 2.05) is 0 Å². The van der Waals surface area contributed by atoms with Gasteiger partial charge in [-0.25, -0.2) is 0 Å². The van der Waals surface area contributed by atoms with Crippen molar-refractivity contribution in [2.45, 2.75) is 18.8 Å². The molecule has 1 aliphatic rings. The molecule has 15 heavy (non-hydrogen) atoms. The third kappa shape index (κ3) is 3.60. The summed E-state index contributed by atoms with van der Waals surface area (Å²) in [5, 5.41) is 18.4. The maximum atomic E-state index is 9.41. The number of rotatable bonds is 2. The number of phenols is 1. The van der Waals surface area contributed by atoms with Crippen molar-refractivity contribution in [1.29, 1.82) is 0 Å². The van der Waals surface area contributed by atoms with E-state index in [4.69, 9.17) is 14.6 Å². The van der Waals surface area contributed by atoms with E-state index in [9.17, 15) is 5.11 Å². The Morgan fingerprint density at radius 1 is 1.27 bits per heavy atom. The van der Waals surface area contributed by atoms with E-state index in [1.165, 1.54) is 12.1 Å². The van der Waals surface area contributed by atoms with Crippen molar-refractivity contribution in [3.8, 4) is 11.5 Å². The number of aliphatic hydroxyl groups is 1. The molecule has 1 radical (unpaired) electrons. The minimum Gasteiger partial charge on any atom is -0.508 e. The first-order chi connectivity index (χ1) is 6.75. The van der Waals surface area contributed by atoms with Crippen molar-refractivity contribution in [1.82, 2.24) is 0 Å². The van der Waals surface area contributed by atoms with E-state index < -0.39 is 12.4 Å². The number of benzene rings is 1. The quantitative estimate of drug-likeness (QED) is 0.742. The van der Waals surface area contributed by atoms with Gasteiger partial charge in [0.15, 0.2) is 0 Å². The molecule has 0 saturated carbocycles. The van der Waals surface area contributed by atoms with Crippen molar-refractivity contribution in [2.24, 2.45) is 0 Å². The topological polar surface area (TPSA) is 58.9 Å². The first-order valence-corrected chi connectivity index (χ1v) is 4.51. The van der Waals surface area contributed by atoms with Gasteiger partial charge in [0.1, 0.15) is 17.6 Å². The van der Waals surface area contributed by atoms with Crippen LogP contribution in [-0.2, 0) is 4.74 Å². The largest absolute Gasteiger partial charge is 0.508 e. The van der Waals surface area contributed by atoms with Crippen LogP contribution in [0.4, 0.5) is 0 Å². The van der Waals surface area contributed by atoms with E-state index in [2.05, 4.69) is 0 Å². The third-order valence-corrected chi connectivity index (χ3v) is 2.10. The van der Waals surface area contributed by atoms with Gasteiger partial charge in [0.25, 0.3) is 0 Å². The number of hydrogen-bond acceptors (Lipinski definition) is 4. The molecule has 2 unspecified atom stereocenters. The van der Waals surface area contributed by atoms with Crippen molar-refractivity contribution < 1.29 is 63.7 Å². The second-order valence-electron chi connectivity index (χ2n) is 3.21. The molecule has 0 spiro atoms. The van der Waals surface area contributed by atoms with Crippen LogP contribution < -0.4 is 4.74 Å². The Morgan fingerprint density at radius 3 is 2.47 bits per heavy atom. The molecule has 2 N–H and O–H groups in total. The Labute approximate surface area is 124 Å². The van der Waals surface area contributed by atoms with E-state index >= 15 is 0 Å². The molecule has 2 rings (SSSR count). The van der Waals surface area contributed by atoms with Crippen LogP contribution in [-0.4, -0.2) is 29.2 Å². The normalized spacial score (nSPS) is 24.6. The first-order valence-electron chi connectivity index (χ1n) is 4.51. The van der Waals surface area contributed by atoms with Gasteiger partial charge in [-0.15, -0.1) is 0 Å². The van der Waals surface area contributed by atoms with Crippen LogP contribution in [0.25, 0.3) is 0 Å². The molecule has 0 bridgehead atoms. The second kappa shape index (κ2) is 6.05. The van der Waals surface area contributed by atoms with Crippen LogP contribution >= 0.6 is 0 Å².